The zero-order chi connectivity index (χ0) is 11.5. The monoisotopic (exact) mass is 227 g/mol. The molecule has 0 aliphatic carbocycles. The molecule has 4 heteroatoms. The summed E-state index contributed by atoms with van der Waals surface area (Å²) >= 11 is 5.84. The number of likely N-dealkylation sites (N-methyl/N-ethyl adjacent to an activating group) is 1. The summed E-state index contributed by atoms with van der Waals surface area (Å²) < 4.78 is 0. The topological polar surface area (TPSA) is 49.3 Å². The van der Waals surface area contributed by atoms with Crippen LogP contribution in [-0.2, 0) is 10.3 Å². The number of carboxylic acid groups (broad SMARTS) is 1. The minimum absolute atomic E-state index is 0.540. The Bertz CT molecular complexity index is 367. The van der Waals surface area contributed by atoms with Gasteiger partial charge in [-0.05, 0) is 31.2 Å². The molecule has 0 amide bonds. The van der Waals surface area contributed by atoms with Crippen molar-refractivity contribution in [2.24, 2.45) is 0 Å². The van der Waals surface area contributed by atoms with Crippen LogP contribution in [-0.4, -0.2) is 17.6 Å². The number of nitrogens with one attached hydrogen (secondary N) is 1. The molecule has 3 nitrogen and oxygen atoms in total. The number of aliphatic carboxylic acids is 1. The smallest absolute Gasteiger partial charge is 0.328 e. The Morgan fingerprint density at radius 3 is 2.73 bits per heavy atom. The van der Waals surface area contributed by atoms with Gasteiger partial charge in [-0.1, -0.05) is 30.7 Å². The van der Waals surface area contributed by atoms with E-state index in [9.17, 15) is 9.90 Å². The van der Waals surface area contributed by atoms with E-state index >= 15 is 0 Å². The van der Waals surface area contributed by atoms with Crippen LogP contribution in [0.2, 0.25) is 5.02 Å². The van der Waals surface area contributed by atoms with Crippen LogP contribution >= 0.6 is 11.6 Å². The molecule has 0 aromatic heterocycles. The minimum Gasteiger partial charge on any atom is -0.480 e. The van der Waals surface area contributed by atoms with Crippen LogP contribution < -0.4 is 5.32 Å². The van der Waals surface area contributed by atoms with E-state index in [-0.39, 0.29) is 0 Å². The van der Waals surface area contributed by atoms with Crippen molar-refractivity contribution in [1.82, 2.24) is 5.32 Å². The van der Waals surface area contributed by atoms with Crippen molar-refractivity contribution in [2.75, 3.05) is 6.54 Å². The molecule has 0 saturated carbocycles. The van der Waals surface area contributed by atoms with Crippen molar-refractivity contribution in [3.8, 4) is 0 Å². The standard InChI is InChI=1S/C11H14ClNO2/c1-3-13-11(2,10(14)15)8-5-4-6-9(12)7-8/h4-7,13H,3H2,1-2H3,(H,14,15). The van der Waals surface area contributed by atoms with Crippen LogP contribution in [0.4, 0.5) is 0 Å². The lowest BCUT2D eigenvalue weighted by Crippen LogP contribution is -2.46. The highest BCUT2D eigenvalue weighted by molar-refractivity contribution is 6.30. The van der Waals surface area contributed by atoms with Crippen molar-refractivity contribution in [3.63, 3.8) is 0 Å². The maximum Gasteiger partial charge on any atom is 0.328 e. The van der Waals surface area contributed by atoms with Crippen molar-refractivity contribution < 1.29 is 9.90 Å². The first-order valence-corrected chi connectivity index (χ1v) is 5.13. The Morgan fingerprint density at radius 2 is 2.27 bits per heavy atom. The lowest BCUT2D eigenvalue weighted by atomic mass is 9.92. The van der Waals surface area contributed by atoms with Gasteiger partial charge < -0.3 is 5.11 Å². The van der Waals surface area contributed by atoms with E-state index in [1.54, 1.807) is 31.2 Å². The summed E-state index contributed by atoms with van der Waals surface area (Å²) in [6.45, 7) is 4.07. The normalized spacial score (nSPS) is 14.6. The molecular weight excluding hydrogens is 214 g/mol. The molecule has 0 aliphatic rings. The summed E-state index contributed by atoms with van der Waals surface area (Å²) in [5.74, 6) is -0.911. The lowest BCUT2D eigenvalue weighted by molar-refractivity contribution is -0.144. The van der Waals surface area contributed by atoms with Crippen molar-refractivity contribution >= 4 is 17.6 Å². The third-order valence-electron chi connectivity index (χ3n) is 2.36. The molecule has 0 bridgehead atoms. The average Bonchev–Trinajstić information content (AvgIpc) is 2.17. The van der Waals surface area contributed by atoms with E-state index in [1.165, 1.54) is 0 Å². The zero-order valence-electron chi connectivity index (χ0n) is 8.75. The first-order valence-electron chi connectivity index (χ1n) is 4.75. The molecule has 82 valence electrons. The molecule has 0 heterocycles. The zero-order valence-corrected chi connectivity index (χ0v) is 9.51. The molecule has 1 rings (SSSR count). The van der Waals surface area contributed by atoms with E-state index in [4.69, 9.17) is 11.6 Å². The van der Waals surface area contributed by atoms with Gasteiger partial charge >= 0.3 is 5.97 Å². The van der Waals surface area contributed by atoms with E-state index in [0.29, 0.717) is 17.1 Å². The number of hydrogen-bond donors (Lipinski definition) is 2. The van der Waals surface area contributed by atoms with Gasteiger partial charge in [0.25, 0.3) is 0 Å². The van der Waals surface area contributed by atoms with Crippen LogP contribution in [0.25, 0.3) is 0 Å². The van der Waals surface area contributed by atoms with Gasteiger partial charge in [-0.3, -0.25) is 5.32 Å². The van der Waals surface area contributed by atoms with Gasteiger partial charge in [0.2, 0.25) is 0 Å². The highest BCUT2D eigenvalue weighted by Crippen LogP contribution is 2.23. The molecular formula is C11H14ClNO2. The Hall–Kier alpha value is -1.06. The predicted molar refractivity (Wildman–Crippen MR) is 60.1 cm³/mol. The number of benzene rings is 1. The summed E-state index contributed by atoms with van der Waals surface area (Å²) in [6.07, 6.45) is 0. The first kappa shape index (κ1) is 12.0. The van der Waals surface area contributed by atoms with Gasteiger partial charge in [0, 0.05) is 5.02 Å². The Kier molecular flexibility index (Phi) is 3.72. The van der Waals surface area contributed by atoms with E-state index in [1.807, 2.05) is 6.92 Å². The molecule has 0 fully saturated rings. The largest absolute Gasteiger partial charge is 0.480 e. The molecule has 1 aromatic carbocycles. The fourth-order valence-electron chi connectivity index (χ4n) is 1.45. The Labute approximate surface area is 94.1 Å². The second kappa shape index (κ2) is 4.64. The van der Waals surface area contributed by atoms with Crippen molar-refractivity contribution in [1.29, 1.82) is 0 Å². The van der Waals surface area contributed by atoms with Crippen molar-refractivity contribution in [3.05, 3.63) is 34.9 Å². The number of carbonyl (C=O) groups is 1. The average molecular weight is 228 g/mol. The second-order valence-corrected chi connectivity index (χ2v) is 3.91. The predicted octanol–water partition coefficient (Wildman–Crippen LogP) is 2.25. The van der Waals surface area contributed by atoms with E-state index in [0.717, 1.165) is 0 Å². The molecule has 0 radical (unpaired) electrons. The highest BCUT2D eigenvalue weighted by Gasteiger charge is 2.34. The number of halogens is 1. The minimum atomic E-state index is -1.08. The Balaban J connectivity index is 3.15. The molecule has 0 aliphatic heterocycles. The molecule has 0 spiro atoms. The summed E-state index contributed by atoms with van der Waals surface area (Å²) in [6, 6.07) is 6.89. The van der Waals surface area contributed by atoms with Crippen LogP contribution in [0.1, 0.15) is 19.4 Å². The van der Waals surface area contributed by atoms with Gasteiger partial charge in [-0.25, -0.2) is 4.79 Å². The van der Waals surface area contributed by atoms with Gasteiger partial charge in [0.05, 0.1) is 0 Å². The fourth-order valence-corrected chi connectivity index (χ4v) is 1.64. The third kappa shape index (κ3) is 2.49. The van der Waals surface area contributed by atoms with Gasteiger partial charge in [-0.15, -0.1) is 0 Å². The molecule has 1 aromatic rings. The summed E-state index contributed by atoms with van der Waals surface area (Å²) in [5, 5.41) is 12.7. The van der Waals surface area contributed by atoms with Gasteiger partial charge in [0.15, 0.2) is 0 Å². The SMILES string of the molecule is CCNC(C)(C(=O)O)c1cccc(Cl)c1. The highest BCUT2D eigenvalue weighted by atomic mass is 35.5. The maximum absolute atomic E-state index is 11.2. The number of rotatable bonds is 4. The lowest BCUT2D eigenvalue weighted by Gasteiger charge is -2.26. The van der Waals surface area contributed by atoms with Gasteiger partial charge in [0.1, 0.15) is 5.54 Å². The van der Waals surface area contributed by atoms with Crippen LogP contribution in [0, 0.1) is 0 Å². The first-order chi connectivity index (χ1) is 7.00. The maximum atomic E-state index is 11.2. The molecule has 0 saturated heterocycles. The molecule has 2 N–H and O–H groups in total. The second-order valence-electron chi connectivity index (χ2n) is 3.47. The number of carboxylic acids is 1. The molecule has 1 unspecified atom stereocenters. The van der Waals surface area contributed by atoms with Gasteiger partial charge in [-0.2, -0.15) is 0 Å². The molecule has 1 atom stereocenters. The summed E-state index contributed by atoms with van der Waals surface area (Å²) in [7, 11) is 0. The van der Waals surface area contributed by atoms with Crippen LogP contribution in [0.5, 0.6) is 0 Å². The number of hydrogen-bond acceptors (Lipinski definition) is 2. The van der Waals surface area contributed by atoms with Crippen LogP contribution in [0.3, 0.4) is 0 Å². The quantitative estimate of drug-likeness (QED) is 0.830. The third-order valence-corrected chi connectivity index (χ3v) is 2.60. The molecule has 15 heavy (non-hydrogen) atoms. The Morgan fingerprint density at radius 1 is 1.60 bits per heavy atom. The summed E-state index contributed by atoms with van der Waals surface area (Å²) in [4.78, 5) is 11.2. The summed E-state index contributed by atoms with van der Waals surface area (Å²) in [5.41, 5.74) is -0.427. The van der Waals surface area contributed by atoms with Crippen LogP contribution in [0.15, 0.2) is 24.3 Å². The van der Waals surface area contributed by atoms with E-state index < -0.39 is 11.5 Å². The fraction of sp³-hybridized carbons (Fsp3) is 0.364. The van der Waals surface area contributed by atoms with Crippen molar-refractivity contribution in [2.45, 2.75) is 19.4 Å². The van der Waals surface area contributed by atoms with E-state index in [2.05, 4.69) is 5.32 Å².